The molecule has 1 aliphatic heterocycles. The molecule has 0 unspecified atom stereocenters. The van der Waals surface area contributed by atoms with Crippen molar-refractivity contribution in [1.82, 2.24) is 15.2 Å². The number of aromatic amines is 1. The second kappa shape index (κ2) is 10.5. The molecule has 4 rings (SSSR count). The number of carbonyl (C=O) groups is 2. The summed E-state index contributed by atoms with van der Waals surface area (Å²) < 4.78 is 0. The molecule has 168 valence electrons. The maximum Gasteiger partial charge on any atom is 0.224 e. The summed E-state index contributed by atoms with van der Waals surface area (Å²) in [5.41, 5.74) is 2.17. The van der Waals surface area contributed by atoms with Crippen LogP contribution < -0.4 is 5.32 Å². The number of fused-ring (bicyclic) bond motifs is 1. The number of carbonyl (C=O) groups excluding carboxylic acids is 2. The predicted molar refractivity (Wildman–Crippen MR) is 125 cm³/mol. The van der Waals surface area contributed by atoms with Gasteiger partial charge in [0.15, 0.2) is 0 Å². The van der Waals surface area contributed by atoms with Crippen LogP contribution in [0.3, 0.4) is 0 Å². The lowest BCUT2D eigenvalue weighted by Crippen LogP contribution is -2.45. The van der Waals surface area contributed by atoms with Crippen molar-refractivity contribution in [3.8, 4) is 0 Å². The Morgan fingerprint density at radius 1 is 1.13 bits per heavy atom. The number of halogens is 1. The van der Waals surface area contributed by atoms with Crippen molar-refractivity contribution in [3.63, 3.8) is 0 Å². The molecule has 0 bridgehead atoms. The van der Waals surface area contributed by atoms with Crippen molar-refractivity contribution in [2.24, 2.45) is 11.8 Å². The summed E-state index contributed by atoms with van der Waals surface area (Å²) in [5, 5.41) is 4.82. The van der Waals surface area contributed by atoms with Crippen molar-refractivity contribution in [2.45, 2.75) is 64.2 Å². The molecule has 5 nitrogen and oxygen atoms in total. The van der Waals surface area contributed by atoms with E-state index in [9.17, 15) is 9.59 Å². The van der Waals surface area contributed by atoms with Crippen LogP contribution in [0.2, 0.25) is 5.02 Å². The van der Waals surface area contributed by atoms with Gasteiger partial charge in [-0.2, -0.15) is 0 Å². The van der Waals surface area contributed by atoms with Crippen molar-refractivity contribution in [1.29, 1.82) is 0 Å². The van der Waals surface area contributed by atoms with Gasteiger partial charge in [0.1, 0.15) is 0 Å². The van der Waals surface area contributed by atoms with Crippen LogP contribution >= 0.6 is 11.6 Å². The Hall–Kier alpha value is -2.01. The minimum absolute atomic E-state index is 0.0746. The second-order valence-corrected chi connectivity index (χ2v) is 9.69. The molecule has 2 amide bonds. The van der Waals surface area contributed by atoms with Gasteiger partial charge in [0.25, 0.3) is 0 Å². The lowest BCUT2D eigenvalue weighted by Gasteiger charge is -2.32. The molecule has 6 heteroatoms. The van der Waals surface area contributed by atoms with Gasteiger partial charge in [0.2, 0.25) is 11.8 Å². The highest BCUT2D eigenvalue weighted by Gasteiger charge is 2.28. The van der Waals surface area contributed by atoms with Gasteiger partial charge < -0.3 is 15.2 Å². The first kappa shape index (κ1) is 22.2. The van der Waals surface area contributed by atoms with Crippen LogP contribution in [0.1, 0.15) is 63.4 Å². The molecular formula is C25H34ClN3O2. The summed E-state index contributed by atoms with van der Waals surface area (Å²) >= 11 is 6.20. The van der Waals surface area contributed by atoms with E-state index in [-0.39, 0.29) is 17.7 Å². The van der Waals surface area contributed by atoms with E-state index in [1.807, 2.05) is 11.0 Å². The lowest BCUT2D eigenvalue weighted by atomic mass is 9.86. The number of nitrogens with one attached hydrogen (secondary N) is 2. The molecule has 31 heavy (non-hydrogen) atoms. The van der Waals surface area contributed by atoms with Crippen LogP contribution in [0.15, 0.2) is 24.4 Å². The molecule has 1 aromatic heterocycles. The van der Waals surface area contributed by atoms with Crippen LogP contribution in [-0.4, -0.2) is 41.3 Å². The molecule has 2 N–H and O–H groups in total. The fraction of sp³-hybridized carbons (Fsp3) is 0.600. The Morgan fingerprint density at radius 2 is 1.97 bits per heavy atom. The maximum atomic E-state index is 12.7. The van der Waals surface area contributed by atoms with Gasteiger partial charge in [-0.25, -0.2) is 0 Å². The second-order valence-electron chi connectivity index (χ2n) is 9.28. The number of H-pyrrole nitrogens is 1. The number of likely N-dealkylation sites (tertiary alicyclic amines) is 1. The highest BCUT2D eigenvalue weighted by Crippen LogP contribution is 2.28. The van der Waals surface area contributed by atoms with Gasteiger partial charge in [-0.3, -0.25) is 9.59 Å². The number of benzene rings is 1. The SMILES string of the molecule is O=C(NCCc1ccc2[nH]cc(Cl)c2c1)[C@@H]1CCCN(C(=O)CCC2CCCCC2)C1. The predicted octanol–water partition coefficient (Wildman–Crippen LogP) is 5.08. The topological polar surface area (TPSA) is 65.2 Å². The smallest absolute Gasteiger partial charge is 0.224 e. The Labute approximate surface area is 189 Å². The number of rotatable bonds is 7. The van der Waals surface area contributed by atoms with E-state index >= 15 is 0 Å². The van der Waals surface area contributed by atoms with E-state index in [0.717, 1.165) is 59.6 Å². The first-order valence-electron chi connectivity index (χ1n) is 11.9. The van der Waals surface area contributed by atoms with Gasteiger partial charge in [0, 0.05) is 43.2 Å². The minimum atomic E-state index is -0.0889. The van der Waals surface area contributed by atoms with Crippen LogP contribution in [0.5, 0.6) is 0 Å². The maximum absolute atomic E-state index is 12.7. The summed E-state index contributed by atoms with van der Waals surface area (Å²) in [7, 11) is 0. The van der Waals surface area contributed by atoms with E-state index in [2.05, 4.69) is 22.4 Å². The zero-order valence-corrected chi connectivity index (χ0v) is 19.1. The zero-order chi connectivity index (χ0) is 21.6. The number of piperidine rings is 1. The molecule has 1 atom stereocenters. The molecule has 2 fully saturated rings. The number of amides is 2. The van der Waals surface area contributed by atoms with Gasteiger partial charge >= 0.3 is 0 Å². The number of aromatic nitrogens is 1. The van der Waals surface area contributed by atoms with Gasteiger partial charge in [0.05, 0.1) is 10.9 Å². The quantitative estimate of drug-likeness (QED) is 0.626. The van der Waals surface area contributed by atoms with Gasteiger partial charge in [-0.05, 0) is 49.3 Å². The fourth-order valence-corrected chi connectivity index (χ4v) is 5.35. The van der Waals surface area contributed by atoms with Gasteiger partial charge in [-0.1, -0.05) is 49.8 Å². The summed E-state index contributed by atoms with van der Waals surface area (Å²) in [6, 6.07) is 6.17. The third-order valence-corrected chi connectivity index (χ3v) is 7.36. The van der Waals surface area contributed by atoms with E-state index in [0.29, 0.717) is 19.5 Å². The normalized spacial score (nSPS) is 20.2. The zero-order valence-electron chi connectivity index (χ0n) is 18.3. The highest BCUT2D eigenvalue weighted by molar-refractivity contribution is 6.35. The Kier molecular flexibility index (Phi) is 7.54. The third kappa shape index (κ3) is 5.82. The average molecular weight is 444 g/mol. The molecule has 0 radical (unpaired) electrons. The molecule has 1 aromatic carbocycles. The number of hydrogen-bond donors (Lipinski definition) is 2. The lowest BCUT2D eigenvalue weighted by molar-refractivity contribution is -0.136. The highest BCUT2D eigenvalue weighted by atomic mass is 35.5. The van der Waals surface area contributed by atoms with Crippen LogP contribution in [0.25, 0.3) is 10.9 Å². The number of nitrogens with zero attached hydrogens (tertiary/aromatic N) is 1. The molecule has 1 aliphatic carbocycles. The first-order chi connectivity index (χ1) is 15.1. The van der Waals surface area contributed by atoms with Crippen LogP contribution in [0.4, 0.5) is 0 Å². The van der Waals surface area contributed by atoms with Crippen molar-refractivity contribution < 1.29 is 9.59 Å². The Morgan fingerprint density at radius 3 is 2.81 bits per heavy atom. The summed E-state index contributed by atoms with van der Waals surface area (Å²) in [6.07, 6.45) is 12.5. The van der Waals surface area contributed by atoms with Crippen molar-refractivity contribution in [2.75, 3.05) is 19.6 Å². The van der Waals surface area contributed by atoms with Gasteiger partial charge in [-0.15, -0.1) is 0 Å². The average Bonchev–Trinajstić information content (AvgIpc) is 3.18. The van der Waals surface area contributed by atoms with E-state index in [1.165, 1.54) is 32.1 Å². The van der Waals surface area contributed by atoms with E-state index in [4.69, 9.17) is 11.6 Å². The minimum Gasteiger partial charge on any atom is -0.360 e. The molecule has 1 saturated heterocycles. The largest absolute Gasteiger partial charge is 0.360 e. The summed E-state index contributed by atoms with van der Waals surface area (Å²) in [4.78, 5) is 30.5. The molecule has 2 aliphatic rings. The first-order valence-corrected chi connectivity index (χ1v) is 12.3. The summed E-state index contributed by atoms with van der Waals surface area (Å²) in [6.45, 7) is 1.96. The summed E-state index contributed by atoms with van der Waals surface area (Å²) in [5.74, 6) is 0.946. The monoisotopic (exact) mass is 443 g/mol. The number of hydrogen-bond acceptors (Lipinski definition) is 2. The standard InChI is InChI=1S/C25H34ClN3O2/c26-22-16-28-23-10-8-19(15-21(22)23)12-13-27-25(31)20-7-4-14-29(17-20)24(30)11-9-18-5-2-1-3-6-18/h8,10,15-16,18,20,28H,1-7,9,11-14,17H2,(H,27,31)/t20-/m1/s1. The van der Waals surface area contributed by atoms with E-state index < -0.39 is 0 Å². The van der Waals surface area contributed by atoms with Crippen molar-refractivity contribution in [3.05, 3.63) is 35.0 Å². The molecule has 2 heterocycles. The van der Waals surface area contributed by atoms with E-state index in [1.54, 1.807) is 6.20 Å². The Balaban J connectivity index is 1.21. The third-order valence-electron chi connectivity index (χ3n) is 7.04. The van der Waals surface area contributed by atoms with Crippen LogP contribution in [0, 0.1) is 11.8 Å². The molecule has 0 spiro atoms. The molecular weight excluding hydrogens is 410 g/mol. The fourth-order valence-electron chi connectivity index (χ4n) is 5.14. The molecule has 1 saturated carbocycles. The molecule has 2 aromatic rings. The van der Waals surface area contributed by atoms with Crippen molar-refractivity contribution >= 4 is 34.3 Å². The Bertz CT molecular complexity index is 903. The van der Waals surface area contributed by atoms with Crippen LogP contribution in [-0.2, 0) is 16.0 Å².